The zero-order chi connectivity index (χ0) is 19.3. The number of rotatable bonds is 9. The maximum Gasteiger partial charge on any atom is 0.325 e. The molecule has 4 N–H and O–H groups in total. The molecule has 26 heavy (non-hydrogen) atoms. The molecule has 0 aliphatic heterocycles. The summed E-state index contributed by atoms with van der Waals surface area (Å²) in [6.45, 7) is 6.76. The highest BCUT2D eigenvalue weighted by atomic mass is 79.9. The van der Waals surface area contributed by atoms with Crippen molar-refractivity contribution in [3.05, 3.63) is 52.8 Å². The third-order valence-corrected chi connectivity index (χ3v) is 5.67. The van der Waals surface area contributed by atoms with Gasteiger partial charge in [-0.2, -0.15) is 0 Å². The van der Waals surface area contributed by atoms with Gasteiger partial charge in [0.25, 0.3) is 0 Å². The molecule has 1 aromatic heterocycles. The van der Waals surface area contributed by atoms with E-state index in [1.54, 1.807) is 0 Å². The third kappa shape index (κ3) is 5.48. The normalized spacial score (nSPS) is 12.2. The molecule has 2 rings (SSSR count). The molecule has 1 aromatic carbocycles. The molecule has 0 aliphatic carbocycles. The van der Waals surface area contributed by atoms with Crippen LogP contribution in [0, 0.1) is 0 Å². The second kappa shape index (κ2) is 8.91. The molecule has 0 unspecified atom stereocenters. The topological polar surface area (TPSA) is 97.7 Å². The quantitative estimate of drug-likeness (QED) is 0.310. The largest absolute Gasteiger partial charge is 0.494 e. The van der Waals surface area contributed by atoms with E-state index in [0.717, 1.165) is 27.6 Å². The first-order valence-corrected chi connectivity index (χ1v) is 10.8. The van der Waals surface area contributed by atoms with E-state index in [2.05, 4.69) is 33.2 Å². The summed E-state index contributed by atoms with van der Waals surface area (Å²) in [4.78, 5) is 17.8. The lowest BCUT2D eigenvalue weighted by atomic mass is 10.1. The lowest BCUT2D eigenvalue weighted by molar-refractivity contribution is 0.309. The van der Waals surface area contributed by atoms with E-state index in [1.807, 2.05) is 31.2 Å². The number of fused-ring (bicyclic) bond motifs is 1. The number of hydrogen-bond acceptors (Lipinski definition) is 3. The average Bonchev–Trinajstić information content (AvgIpc) is 2.80. The van der Waals surface area contributed by atoms with Crippen LogP contribution in [0.15, 0.2) is 47.2 Å². The maximum atomic E-state index is 10.9. The molecule has 2 aromatic rings. The maximum absolute atomic E-state index is 10.9. The van der Waals surface area contributed by atoms with Crippen molar-refractivity contribution in [1.29, 1.82) is 0 Å². The Morgan fingerprint density at radius 1 is 1.46 bits per heavy atom. The smallest absolute Gasteiger partial charge is 0.325 e. The molecule has 142 valence electrons. The van der Waals surface area contributed by atoms with Crippen LogP contribution >= 0.6 is 23.5 Å². The fraction of sp³-hybridized carbons (Fsp3) is 0.333. The Bertz CT molecular complexity index is 870. The van der Waals surface area contributed by atoms with Gasteiger partial charge in [0.1, 0.15) is 5.75 Å². The molecule has 0 amide bonds. The summed E-state index contributed by atoms with van der Waals surface area (Å²) < 4.78 is 19.7. The van der Waals surface area contributed by atoms with Crippen molar-refractivity contribution in [3.63, 3.8) is 0 Å². The number of nitrogens with two attached hydrogens (primary N) is 1. The Kier molecular flexibility index (Phi) is 7.12. The highest BCUT2D eigenvalue weighted by Gasteiger charge is 2.16. The van der Waals surface area contributed by atoms with Crippen LogP contribution in [0.5, 0.6) is 5.75 Å². The van der Waals surface area contributed by atoms with Crippen molar-refractivity contribution in [2.75, 3.05) is 12.8 Å². The molecular weight excluding hydrogens is 419 g/mol. The van der Waals surface area contributed by atoms with Gasteiger partial charge in [-0.05, 0) is 53.0 Å². The molecule has 0 spiro atoms. The Labute approximate surface area is 161 Å². The van der Waals surface area contributed by atoms with Crippen LogP contribution in [-0.2, 0) is 17.5 Å². The van der Waals surface area contributed by atoms with E-state index in [4.69, 9.17) is 20.3 Å². The van der Waals surface area contributed by atoms with Crippen molar-refractivity contribution in [3.8, 4) is 5.75 Å². The van der Waals surface area contributed by atoms with Gasteiger partial charge in [-0.3, -0.25) is 4.57 Å². The number of ether oxygens (including phenoxy) is 1. The van der Waals surface area contributed by atoms with Crippen molar-refractivity contribution in [1.82, 2.24) is 4.57 Å². The third-order valence-electron chi connectivity index (χ3n) is 3.86. The second-order valence-electron chi connectivity index (χ2n) is 6.05. The summed E-state index contributed by atoms with van der Waals surface area (Å²) in [5, 5.41) is 1.01. The monoisotopic (exact) mass is 442 g/mol. The van der Waals surface area contributed by atoms with Crippen molar-refractivity contribution in [2.24, 2.45) is 5.73 Å². The van der Waals surface area contributed by atoms with Crippen LogP contribution in [0.1, 0.15) is 18.9 Å². The number of halogens is 1. The summed E-state index contributed by atoms with van der Waals surface area (Å²) in [7, 11) is -3.98. The van der Waals surface area contributed by atoms with Crippen molar-refractivity contribution in [2.45, 2.75) is 26.3 Å². The van der Waals surface area contributed by atoms with Gasteiger partial charge in [0.2, 0.25) is 0 Å². The second-order valence-corrected chi connectivity index (χ2v) is 8.58. The van der Waals surface area contributed by atoms with Gasteiger partial charge in [0.05, 0.1) is 17.4 Å². The number of hydrogen-bond donors (Lipinski definition) is 3. The molecule has 6 nitrogen and oxygen atoms in total. The number of benzene rings is 1. The van der Waals surface area contributed by atoms with Gasteiger partial charge < -0.3 is 24.8 Å². The van der Waals surface area contributed by atoms with Crippen LogP contribution in [0.2, 0.25) is 0 Å². The van der Waals surface area contributed by atoms with E-state index >= 15 is 0 Å². The summed E-state index contributed by atoms with van der Waals surface area (Å²) in [6, 6.07) is 5.77. The number of allylic oxidation sites excluding steroid dienone is 3. The van der Waals surface area contributed by atoms with Crippen LogP contribution in [0.3, 0.4) is 0 Å². The highest BCUT2D eigenvalue weighted by molar-refractivity contribution is 9.10. The minimum absolute atomic E-state index is 0.182. The van der Waals surface area contributed by atoms with Gasteiger partial charge in [0, 0.05) is 29.6 Å². The van der Waals surface area contributed by atoms with Gasteiger partial charge in [-0.25, -0.2) is 0 Å². The zero-order valence-electron chi connectivity index (χ0n) is 14.7. The lowest BCUT2D eigenvalue weighted by Gasteiger charge is -2.08. The van der Waals surface area contributed by atoms with Gasteiger partial charge in [0.15, 0.2) is 0 Å². The molecule has 1 heterocycles. The van der Waals surface area contributed by atoms with Gasteiger partial charge in [-0.15, -0.1) is 0 Å². The Hall–Kier alpha value is -1.53. The predicted molar refractivity (Wildman–Crippen MR) is 109 cm³/mol. The van der Waals surface area contributed by atoms with Crippen LogP contribution in [0.4, 0.5) is 0 Å². The first-order valence-electron chi connectivity index (χ1n) is 8.25. The average molecular weight is 443 g/mol. The zero-order valence-corrected chi connectivity index (χ0v) is 17.2. The number of nitrogens with zero attached hydrogens (tertiary/aromatic N) is 1. The predicted octanol–water partition coefficient (Wildman–Crippen LogP) is 3.94. The number of aromatic nitrogens is 1. The molecule has 0 atom stereocenters. The molecular formula is C18H24BrN2O4P. The molecule has 0 radical (unpaired) electrons. The Balaban J connectivity index is 2.30. The van der Waals surface area contributed by atoms with E-state index in [9.17, 15) is 4.57 Å². The van der Waals surface area contributed by atoms with E-state index in [-0.39, 0.29) is 12.8 Å². The van der Waals surface area contributed by atoms with Crippen molar-refractivity contribution < 1.29 is 19.1 Å². The molecule has 0 fully saturated rings. The standard InChI is InChI=1S/C18H24BrN2O4P/c1-3-4-8-21-17-7-6-14(25-9-5-10-26(22,23)24)12-15(17)16(18(21)19)11-13(2)20/h3-4,6-7,12H,2,5,8-11,20H2,1H3,(H2,22,23,24)/b4-3+. The Morgan fingerprint density at radius 2 is 2.19 bits per heavy atom. The summed E-state index contributed by atoms with van der Waals surface area (Å²) in [6.07, 6.45) is 4.72. The lowest BCUT2D eigenvalue weighted by Crippen LogP contribution is -2.01. The molecule has 0 bridgehead atoms. The summed E-state index contributed by atoms with van der Waals surface area (Å²) >= 11 is 3.67. The van der Waals surface area contributed by atoms with E-state index in [1.165, 1.54) is 0 Å². The first kappa shape index (κ1) is 20.8. The van der Waals surface area contributed by atoms with Crippen LogP contribution < -0.4 is 10.5 Å². The van der Waals surface area contributed by atoms with E-state index in [0.29, 0.717) is 24.3 Å². The fourth-order valence-electron chi connectivity index (χ4n) is 2.71. The molecule has 0 saturated heterocycles. The molecule has 0 saturated carbocycles. The summed E-state index contributed by atoms with van der Waals surface area (Å²) in [5.74, 6) is 0.655. The first-order chi connectivity index (χ1) is 12.2. The SMILES string of the molecule is C=C(N)Cc1c(Br)n(C/C=C/C)c2ccc(OCCCP(=O)(O)O)cc12. The van der Waals surface area contributed by atoms with E-state index < -0.39 is 7.60 Å². The highest BCUT2D eigenvalue weighted by Crippen LogP contribution is 2.36. The minimum Gasteiger partial charge on any atom is -0.494 e. The van der Waals surface area contributed by atoms with Gasteiger partial charge >= 0.3 is 7.60 Å². The Morgan fingerprint density at radius 3 is 2.81 bits per heavy atom. The minimum atomic E-state index is -3.98. The van der Waals surface area contributed by atoms with Gasteiger partial charge in [-0.1, -0.05) is 18.7 Å². The molecule has 0 aliphatic rings. The van der Waals surface area contributed by atoms with Crippen molar-refractivity contribution >= 4 is 34.4 Å². The van der Waals surface area contributed by atoms with Crippen LogP contribution in [-0.4, -0.2) is 27.1 Å². The molecule has 8 heteroatoms. The van der Waals surface area contributed by atoms with Crippen LogP contribution in [0.25, 0.3) is 10.9 Å². The summed E-state index contributed by atoms with van der Waals surface area (Å²) in [5.41, 5.74) is 8.49. The fourth-order valence-corrected chi connectivity index (χ4v) is 3.94.